The van der Waals surface area contributed by atoms with Crippen LogP contribution >= 0.6 is 0 Å². The number of hydrogen-bond donors (Lipinski definition) is 0. The van der Waals surface area contributed by atoms with Gasteiger partial charge in [-0.2, -0.15) is 0 Å². The highest BCUT2D eigenvalue weighted by Crippen LogP contribution is 2.35. The average molecular weight is 205 g/mol. The number of rotatable bonds is 1. The van der Waals surface area contributed by atoms with E-state index >= 15 is 0 Å². The highest BCUT2D eigenvalue weighted by Gasteiger charge is 2.39. The Morgan fingerprint density at radius 2 is 1.93 bits per heavy atom. The SMILES string of the molecule is CN1CC(CC(C)(C)C)CC(F)(F)C1. The van der Waals surface area contributed by atoms with Gasteiger partial charge in [-0.15, -0.1) is 0 Å². The fourth-order valence-electron chi connectivity index (χ4n) is 2.45. The van der Waals surface area contributed by atoms with Gasteiger partial charge in [0.05, 0.1) is 6.54 Å². The molecule has 1 rings (SSSR count). The van der Waals surface area contributed by atoms with E-state index in [1.807, 2.05) is 0 Å². The Hall–Kier alpha value is -0.180. The van der Waals surface area contributed by atoms with E-state index in [1.54, 1.807) is 11.9 Å². The van der Waals surface area contributed by atoms with E-state index in [0.717, 1.165) is 13.0 Å². The van der Waals surface area contributed by atoms with Crippen molar-refractivity contribution in [3.8, 4) is 0 Å². The summed E-state index contributed by atoms with van der Waals surface area (Å²) in [6.07, 6.45) is 0.946. The molecule has 0 aromatic carbocycles. The van der Waals surface area contributed by atoms with Gasteiger partial charge in [-0.25, -0.2) is 8.78 Å². The Labute approximate surface area is 85.5 Å². The minimum atomic E-state index is -2.48. The van der Waals surface area contributed by atoms with Crippen molar-refractivity contribution in [2.45, 2.75) is 39.5 Å². The smallest absolute Gasteiger partial charge is 0.260 e. The Bertz CT molecular complexity index is 194. The topological polar surface area (TPSA) is 3.24 Å². The van der Waals surface area contributed by atoms with E-state index in [2.05, 4.69) is 20.8 Å². The largest absolute Gasteiger partial charge is 0.300 e. The van der Waals surface area contributed by atoms with E-state index in [0.29, 0.717) is 0 Å². The van der Waals surface area contributed by atoms with E-state index in [9.17, 15) is 8.78 Å². The minimum absolute atomic E-state index is 0.0641. The Morgan fingerprint density at radius 3 is 2.36 bits per heavy atom. The van der Waals surface area contributed by atoms with Crippen LogP contribution in [0.2, 0.25) is 0 Å². The summed E-state index contributed by atoms with van der Waals surface area (Å²) in [6.45, 7) is 7.07. The van der Waals surface area contributed by atoms with Gasteiger partial charge in [0.1, 0.15) is 0 Å². The first kappa shape index (κ1) is 11.9. The lowest BCUT2D eigenvalue weighted by atomic mass is 9.80. The van der Waals surface area contributed by atoms with Crippen LogP contribution in [0.15, 0.2) is 0 Å². The summed E-state index contributed by atoms with van der Waals surface area (Å²) in [5, 5.41) is 0. The molecule has 3 heteroatoms. The average Bonchev–Trinajstić information content (AvgIpc) is 1.74. The molecule has 0 radical (unpaired) electrons. The van der Waals surface area contributed by atoms with Gasteiger partial charge in [0, 0.05) is 13.0 Å². The molecule has 1 aliphatic rings. The Morgan fingerprint density at radius 1 is 1.36 bits per heavy atom. The van der Waals surface area contributed by atoms with Crippen LogP contribution in [-0.2, 0) is 0 Å². The molecule has 1 unspecified atom stereocenters. The molecule has 84 valence electrons. The maximum absolute atomic E-state index is 13.2. The molecule has 0 N–H and O–H groups in total. The molecular weight excluding hydrogens is 184 g/mol. The van der Waals surface area contributed by atoms with Crippen molar-refractivity contribution in [3.63, 3.8) is 0 Å². The van der Waals surface area contributed by atoms with Crippen LogP contribution in [0, 0.1) is 11.3 Å². The van der Waals surface area contributed by atoms with Crippen LogP contribution in [0.5, 0.6) is 0 Å². The van der Waals surface area contributed by atoms with Gasteiger partial charge < -0.3 is 4.90 Å². The normalized spacial score (nSPS) is 29.1. The maximum Gasteiger partial charge on any atom is 0.260 e. The molecule has 0 aromatic rings. The second kappa shape index (κ2) is 3.76. The highest BCUT2D eigenvalue weighted by molar-refractivity contribution is 4.84. The predicted octanol–water partition coefficient (Wildman–Crippen LogP) is 3.01. The molecular formula is C11H21F2N. The van der Waals surface area contributed by atoms with Crippen molar-refractivity contribution in [1.29, 1.82) is 0 Å². The van der Waals surface area contributed by atoms with Crippen LogP contribution in [-0.4, -0.2) is 31.0 Å². The van der Waals surface area contributed by atoms with Crippen LogP contribution in [0.1, 0.15) is 33.6 Å². The van der Waals surface area contributed by atoms with Crippen LogP contribution in [0.25, 0.3) is 0 Å². The summed E-state index contributed by atoms with van der Waals surface area (Å²) in [4.78, 5) is 1.75. The summed E-state index contributed by atoms with van der Waals surface area (Å²) < 4.78 is 26.5. The molecule has 0 spiro atoms. The number of nitrogens with zero attached hydrogens (tertiary/aromatic N) is 1. The fourth-order valence-corrected chi connectivity index (χ4v) is 2.45. The quantitative estimate of drug-likeness (QED) is 0.636. The molecule has 1 fully saturated rings. The second-order valence-electron chi connectivity index (χ2n) is 5.89. The number of alkyl halides is 2. The first-order valence-electron chi connectivity index (χ1n) is 5.24. The molecule has 1 heterocycles. The molecule has 0 aliphatic carbocycles. The number of halogens is 2. The lowest BCUT2D eigenvalue weighted by molar-refractivity contribution is -0.0828. The van der Waals surface area contributed by atoms with Crippen molar-refractivity contribution in [1.82, 2.24) is 4.90 Å². The third kappa shape index (κ3) is 3.91. The maximum atomic E-state index is 13.2. The summed E-state index contributed by atoms with van der Waals surface area (Å²) in [5.74, 6) is -2.34. The van der Waals surface area contributed by atoms with E-state index in [1.165, 1.54) is 0 Å². The van der Waals surface area contributed by atoms with Gasteiger partial charge in [0.25, 0.3) is 5.92 Å². The number of hydrogen-bond acceptors (Lipinski definition) is 1. The first-order chi connectivity index (χ1) is 6.18. The van der Waals surface area contributed by atoms with Gasteiger partial charge in [0.15, 0.2) is 0 Å². The minimum Gasteiger partial charge on any atom is -0.300 e. The van der Waals surface area contributed by atoms with E-state index in [4.69, 9.17) is 0 Å². The first-order valence-corrected chi connectivity index (χ1v) is 5.24. The van der Waals surface area contributed by atoms with Crippen molar-refractivity contribution >= 4 is 0 Å². The molecule has 1 saturated heterocycles. The van der Waals surface area contributed by atoms with Gasteiger partial charge in [-0.1, -0.05) is 20.8 Å². The molecule has 14 heavy (non-hydrogen) atoms. The molecule has 0 amide bonds. The molecule has 1 aliphatic heterocycles. The lowest BCUT2D eigenvalue weighted by Crippen LogP contribution is -2.45. The van der Waals surface area contributed by atoms with Gasteiger partial charge in [-0.3, -0.25) is 0 Å². The molecule has 1 atom stereocenters. The van der Waals surface area contributed by atoms with Gasteiger partial charge in [0.2, 0.25) is 0 Å². The van der Waals surface area contributed by atoms with Crippen LogP contribution in [0.3, 0.4) is 0 Å². The molecule has 0 saturated carbocycles. The van der Waals surface area contributed by atoms with Crippen molar-refractivity contribution in [2.75, 3.05) is 20.1 Å². The highest BCUT2D eigenvalue weighted by atomic mass is 19.3. The molecule has 0 aromatic heterocycles. The number of likely N-dealkylation sites (tertiary alicyclic amines) is 1. The van der Waals surface area contributed by atoms with Gasteiger partial charge >= 0.3 is 0 Å². The fraction of sp³-hybridized carbons (Fsp3) is 1.00. The molecule has 0 bridgehead atoms. The monoisotopic (exact) mass is 205 g/mol. The second-order valence-corrected chi connectivity index (χ2v) is 5.89. The predicted molar refractivity (Wildman–Crippen MR) is 54.6 cm³/mol. The van der Waals surface area contributed by atoms with Crippen molar-refractivity contribution in [2.24, 2.45) is 11.3 Å². The summed E-state index contributed by atoms with van der Waals surface area (Å²) in [5.41, 5.74) is 0.152. The summed E-state index contributed by atoms with van der Waals surface area (Å²) >= 11 is 0. The van der Waals surface area contributed by atoms with Crippen molar-refractivity contribution < 1.29 is 8.78 Å². The van der Waals surface area contributed by atoms with Crippen LogP contribution < -0.4 is 0 Å². The van der Waals surface area contributed by atoms with E-state index < -0.39 is 5.92 Å². The zero-order valence-electron chi connectivity index (χ0n) is 9.61. The van der Waals surface area contributed by atoms with Crippen LogP contribution in [0.4, 0.5) is 8.78 Å². The third-order valence-corrected chi connectivity index (χ3v) is 2.56. The lowest BCUT2D eigenvalue weighted by Gasteiger charge is -2.38. The van der Waals surface area contributed by atoms with Gasteiger partial charge in [-0.05, 0) is 24.8 Å². The Balaban J connectivity index is 2.54. The molecule has 1 nitrogen and oxygen atoms in total. The third-order valence-electron chi connectivity index (χ3n) is 2.56. The standard InChI is InChI=1S/C11H21F2N/c1-10(2,3)5-9-6-11(12,13)8-14(4)7-9/h9H,5-8H2,1-4H3. The number of piperidine rings is 1. The zero-order valence-corrected chi connectivity index (χ0v) is 9.61. The summed E-state index contributed by atoms with van der Waals surface area (Å²) in [7, 11) is 1.78. The van der Waals surface area contributed by atoms with Crippen molar-refractivity contribution in [3.05, 3.63) is 0 Å². The summed E-state index contributed by atoms with van der Waals surface area (Å²) in [6, 6.07) is 0. The Kier molecular flexibility index (Phi) is 3.20. The van der Waals surface area contributed by atoms with E-state index in [-0.39, 0.29) is 24.3 Å². The zero-order chi connectivity index (χ0) is 11.0.